The molecule has 9 heteroatoms. The number of aliphatic hydroxyl groups excluding tert-OH is 3. The molecule has 0 saturated carbocycles. The second-order valence-electron chi connectivity index (χ2n) is 7.42. The van der Waals surface area contributed by atoms with Crippen molar-refractivity contribution in [1.29, 1.82) is 0 Å². The number of ether oxygens (including phenoxy) is 2. The third kappa shape index (κ3) is 3.30. The highest BCUT2D eigenvalue weighted by Gasteiger charge is 2.74. The molecule has 1 saturated heterocycles. The summed E-state index contributed by atoms with van der Waals surface area (Å²) in [7, 11) is 1.11. The van der Waals surface area contributed by atoms with Crippen molar-refractivity contribution in [2.75, 3.05) is 7.11 Å². The van der Waals surface area contributed by atoms with E-state index >= 15 is 0 Å². The SMILES string of the molecule is CC/C=C\[C@@H](O)[C@H](O)C1=C(C)C(=O)[C@]2(O1)C(=O)N[C@@](OC)(C(=O)c1ccccc1)[C@@H]2O. The Morgan fingerprint density at radius 2 is 1.94 bits per heavy atom. The standard InChI is InChI=1S/C22H25NO8/c1-4-5-11-14(24)15(25)16-12(2)17(26)21(31-16)19(28)22(30-3,23-20(21)29)18(27)13-9-7-6-8-10-13/h5-11,14-15,19,24-25,28H,4H2,1-3H3,(H,23,29)/b11-5-/t14-,15+,19-,21-,22-/m1/s1. The van der Waals surface area contributed by atoms with Gasteiger partial charge in [-0.2, -0.15) is 0 Å². The van der Waals surface area contributed by atoms with E-state index in [9.17, 15) is 29.7 Å². The summed E-state index contributed by atoms with van der Waals surface area (Å²) < 4.78 is 10.8. The fourth-order valence-corrected chi connectivity index (χ4v) is 3.81. The van der Waals surface area contributed by atoms with Crippen molar-refractivity contribution in [2.45, 2.75) is 49.9 Å². The predicted octanol–water partition coefficient (Wildman–Crippen LogP) is 0.00280. The molecule has 5 atom stereocenters. The normalized spacial score (nSPS) is 30.1. The fraction of sp³-hybridized carbons (Fsp3) is 0.409. The molecule has 2 aliphatic heterocycles. The molecule has 1 spiro atoms. The highest BCUT2D eigenvalue weighted by atomic mass is 16.6. The number of hydrogen-bond acceptors (Lipinski definition) is 8. The van der Waals surface area contributed by atoms with Gasteiger partial charge in [-0.05, 0) is 13.3 Å². The van der Waals surface area contributed by atoms with Gasteiger partial charge in [0.05, 0.1) is 0 Å². The van der Waals surface area contributed by atoms with Gasteiger partial charge in [0.2, 0.25) is 17.3 Å². The Hall–Kier alpha value is -2.85. The van der Waals surface area contributed by atoms with E-state index in [1.807, 2.05) is 6.92 Å². The first-order chi connectivity index (χ1) is 14.7. The molecule has 2 heterocycles. The van der Waals surface area contributed by atoms with Gasteiger partial charge in [0.25, 0.3) is 11.5 Å². The maximum absolute atomic E-state index is 13.1. The highest BCUT2D eigenvalue weighted by Crippen LogP contribution is 2.44. The van der Waals surface area contributed by atoms with Gasteiger partial charge in [0.1, 0.15) is 18.0 Å². The lowest BCUT2D eigenvalue weighted by Crippen LogP contribution is -2.60. The number of carbonyl (C=O) groups is 3. The quantitative estimate of drug-likeness (QED) is 0.269. The van der Waals surface area contributed by atoms with E-state index in [4.69, 9.17) is 9.47 Å². The largest absolute Gasteiger partial charge is 0.467 e. The second-order valence-corrected chi connectivity index (χ2v) is 7.42. The summed E-state index contributed by atoms with van der Waals surface area (Å²) in [6.45, 7) is 3.13. The predicted molar refractivity (Wildman–Crippen MR) is 108 cm³/mol. The van der Waals surface area contributed by atoms with E-state index in [2.05, 4.69) is 5.32 Å². The molecule has 0 aliphatic carbocycles. The van der Waals surface area contributed by atoms with Crippen molar-refractivity contribution in [2.24, 2.45) is 0 Å². The molecular formula is C22H25NO8. The number of nitrogens with one attached hydrogen (secondary N) is 1. The number of methoxy groups -OCH3 is 1. The van der Waals surface area contributed by atoms with Gasteiger partial charge in [0, 0.05) is 18.2 Å². The van der Waals surface area contributed by atoms with E-state index < -0.39 is 47.1 Å². The molecule has 0 radical (unpaired) electrons. The van der Waals surface area contributed by atoms with Crippen LogP contribution in [0.1, 0.15) is 30.6 Å². The summed E-state index contributed by atoms with van der Waals surface area (Å²) in [5, 5.41) is 34.0. The Morgan fingerprint density at radius 3 is 2.52 bits per heavy atom. The minimum Gasteiger partial charge on any atom is -0.467 e. The van der Waals surface area contributed by atoms with Crippen LogP contribution in [-0.4, -0.2) is 69.5 Å². The van der Waals surface area contributed by atoms with Gasteiger partial charge in [-0.1, -0.05) is 49.4 Å². The number of allylic oxidation sites excluding steroid dienone is 1. The summed E-state index contributed by atoms with van der Waals surface area (Å²) >= 11 is 0. The highest BCUT2D eigenvalue weighted by molar-refractivity contribution is 6.23. The van der Waals surface area contributed by atoms with Crippen molar-refractivity contribution in [3.05, 3.63) is 59.4 Å². The third-order valence-corrected chi connectivity index (χ3v) is 5.58. The number of benzene rings is 1. The number of carbonyl (C=O) groups excluding carboxylic acids is 3. The van der Waals surface area contributed by atoms with Crippen LogP contribution in [0.15, 0.2) is 53.8 Å². The molecule has 0 unspecified atom stereocenters. The minimum atomic E-state index is -2.53. The smallest absolute Gasteiger partial charge is 0.278 e. The van der Waals surface area contributed by atoms with Gasteiger partial charge < -0.3 is 30.1 Å². The Kier molecular flexibility index (Phi) is 6.15. The topological polar surface area (TPSA) is 142 Å². The van der Waals surface area contributed by atoms with Crippen molar-refractivity contribution in [3.8, 4) is 0 Å². The Labute approximate surface area is 179 Å². The number of Topliss-reactive ketones (excluding diaryl/α,β-unsaturated/α-hetero) is 2. The lowest BCUT2D eigenvalue weighted by Gasteiger charge is -2.32. The first-order valence-corrected chi connectivity index (χ1v) is 9.80. The minimum absolute atomic E-state index is 0.135. The molecule has 0 aromatic heterocycles. The summed E-state index contributed by atoms with van der Waals surface area (Å²) in [4.78, 5) is 39.2. The zero-order valence-corrected chi connectivity index (χ0v) is 17.4. The Morgan fingerprint density at radius 1 is 1.29 bits per heavy atom. The molecule has 2 aliphatic rings. The molecule has 1 amide bonds. The molecule has 3 rings (SSSR count). The Balaban J connectivity index is 1.99. The van der Waals surface area contributed by atoms with Crippen LogP contribution in [0.3, 0.4) is 0 Å². The number of rotatable bonds is 7. The van der Waals surface area contributed by atoms with E-state index in [1.165, 1.54) is 25.1 Å². The van der Waals surface area contributed by atoms with Gasteiger partial charge in [0.15, 0.2) is 6.10 Å². The van der Waals surface area contributed by atoms with Crippen LogP contribution in [0.2, 0.25) is 0 Å². The molecule has 0 bridgehead atoms. The fourth-order valence-electron chi connectivity index (χ4n) is 3.81. The lowest BCUT2D eigenvalue weighted by molar-refractivity contribution is -0.163. The zero-order valence-electron chi connectivity index (χ0n) is 17.4. The van der Waals surface area contributed by atoms with Crippen LogP contribution < -0.4 is 5.32 Å². The molecule has 9 nitrogen and oxygen atoms in total. The van der Waals surface area contributed by atoms with E-state index in [1.54, 1.807) is 24.3 Å². The first kappa shape index (κ1) is 22.8. The maximum atomic E-state index is 13.1. The van der Waals surface area contributed by atoms with Crippen LogP contribution in [-0.2, 0) is 19.1 Å². The van der Waals surface area contributed by atoms with Gasteiger partial charge in [-0.25, -0.2) is 0 Å². The van der Waals surface area contributed by atoms with Crippen LogP contribution in [0.25, 0.3) is 0 Å². The second kappa shape index (κ2) is 8.35. The van der Waals surface area contributed by atoms with Crippen LogP contribution >= 0.6 is 0 Å². The first-order valence-electron chi connectivity index (χ1n) is 9.80. The maximum Gasteiger partial charge on any atom is 0.278 e. The Bertz CT molecular complexity index is 956. The number of hydrogen-bond donors (Lipinski definition) is 4. The number of amides is 1. The van der Waals surface area contributed by atoms with Crippen LogP contribution in [0.4, 0.5) is 0 Å². The summed E-state index contributed by atoms with van der Waals surface area (Å²) in [5.74, 6) is -3.15. The van der Waals surface area contributed by atoms with Crippen molar-refractivity contribution < 1.29 is 39.2 Å². The third-order valence-electron chi connectivity index (χ3n) is 5.58. The zero-order chi connectivity index (χ0) is 23.0. The van der Waals surface area contributed by atoms with Crippen molar-refractivity contribution in [1.82, 2.24) is 5.32 Å². The van der Waals surface area contributed by atoms with E-state index in [0.717, 1.165) is 7.11 Å². The molecule has 31 heavy (non-hydrogen) atoms. The molecule has 4 N–H and O–H groups in total. The number of ketones is 2. The van der Waals surface area contributed by atoms with Crippen LogP contribution in [0.5, 0.6) is 0 Å². The van der Waals surface area contributed by atoms with Gasteiger partial charge in [-0.3, -0.25) is 14.4 Å². The summed E-state index contributed by atoms with van der Waals surface area (Å²) in [6, 6.07) is 7.82. The average Bonchev–Trinajstić information content (AvgIpc) is 3.18. The van der Waals surface area contributed by atoms with Gasteiger partial charge >= 0.3 is 0 Å². The molecule has 1 aromatic rings. The number of aliphatic hydroxyl groups is 3. The van der Waals surface area contributed by atoms with E-state index in [-0.39, 0.29) is 16.9 Å². The molecule has 1 aromatic carbocycles. The van der Waals surface area contributed by atoms with Crippen molar-refractivity contribution >= 4 is 17.5 Å². The monoisotopic (exact) mass is 431 g/mol. The van der Waals surface area contributed by atoms with Crippen LogP contribution in [0, 0.1) is 0 Å². The summed E-state index contributed by atoms with van der Waals surface area (Å²) in [5.41, 5.74) is -4.83. The molecular weight excluding hydrogens is 406 g/mol. The lowest BCUT2D eigenvalue weighted by atomic mass is 9.85. The van der Waals surface area contributed by atoms with E-state index in [0.29, 0.717) is 6.42 Å². The molecule has 1 fully saturated rings. The van der Waals surface area contributed by atoms with Gasteiger partial charge in [-0.15, -0.1) is 0 Å². The summed E-state index contributed by atoms with van der Waals surface area (Å²) in [6.07, 6.45) is -1.60. The average molecular weight is 431 g/mol. The molecule has 166 valence electrons. The van der Waals surface area contributed by atoms with Crippen molar-refractivity contribution in [3.63, 3.8) is 0 Å².